The van der Waals surface area contributed by atoms with E-state index in [1.54, 1.807) is 0 Å². The fraction of sp³-hybridized carbons (Fsp3) is 0.455. The lowest BCUT2D eigenvalue weighted by molar-refractivity contribution is 0.0665. The van der Waals surface area contributed by atoms with Gasteiger partial charge in [0.15, 0.2) is 0 Å². The number of pyridine rings is 1. The largest absolute Gasteiger partial charge is 0.395 e. The molecule has 88 valence electrons. The molecular weight excluding hydrogens is 211 g/mol. The van der Waals surface area contributed by atoms with Crippen LogP contribution in [-0.4, -0.2) is 40.1 Å². The summed E-state index contributed by atoms with van der Waals surface area (Å²) in [5, 5.41) is 8.86. The second kappa shape index (κ2) is 5.55. The van der Waals surface area contributed by atoms with E-state index in [0.29, 0.717) is 5.56 Å². The van der Waals surface area contributed by atoms with Crippen LogP contribution in [0.2, 0.25) is 0 Å². The molecule has 0 saturated carbocycles. The predicted octanol–water partition coefficient (Wildman–Crippen LogP) is 1.06. The summed E-state index contributed by atoms with van der Waals surface area (Å²) in [5.41, 5.74) is 0.323. The maximum absolute atomic E-state index is 12.6. The van der Waals surface area contributed by atoms with E-state index >= 15 is 0 Å². The third-order valence-electron chi connectivity index (χ3n) is 2.20. The number of aliphatic hydroxyl groups is 1. The van der Waals surface area contributed by atoms with Gasteiger partial charge >= 0.3 is 0 Å². The molecule has 5 heteroatoms. The third-order valence-corrected chi connectivity index (χ3v) is 2.20. The Hall–Kier alpha value is -1.49. The van der Waals surface area contributed by atoms with E-state index in [1.165, 1.54) is 17.2 Å². The lowest BCUT2D eigenvalue weighted by Gasteiger charge is -2.25. The zero-order valence-corrected chi connectivity index (χ0v) is 9.35. The molecule has 1 N–H and O–H groups in total. The molecule has 0 fully saturated rings. The number of hydrogen-bond acceptors (Lipinski definition) is 3. The summed E-state index contributed by atoms with van der Waals surface area (Å²) in [6.07, 6.45) is 1.20. The van der Waals surface area contributed by atoms with Crippen molar-refractivity contribution in [2.24, 2.45) is 0 Å². The average molecular weight is 226 g/mol. The Labute approximate surface area is 93.7 Å². The van der Waals surface area contributed by atoms with Crippen molar-refractivity contribution in [2.45, 2.75) is 19.9 Å². The molecule has 1 amide bonds. The smallest absolute Gasteiger partial charge is 0.255 e. The van der Waals surface area contributed by atoms with Gasteiger partial charge in [-0.15, -0.1) is 0 Å². The number of rotatable bonds is 4. The van der Waals surface area contributed by atoms with Gasteiger partial charge in [-0.25, -0.2) is 4.98 Å². The lowest BCUT2D eigenvalue weighted by atomic mass is 10.2. The second-order valence-electron chi connectivity index (χ2n) is 3.69. The molecule has 0 aromatic carbocycles. The van der Waals surface area contributed by atoms with Crippen molar-refractivity contribution in [2.75, 3.05) is 13.2 Å². The quantitative estimate of drug-likeness (QED) is 0.781. The number of nitrogens with zero attached hydrogens (tertiary/aromatic N) is 2. The molecule has 16 heavy (non-hydrogen) atoms. The van der Waals surface area contributed by atoms with E-state index in [4.69, 9.17) is 5.11 Å². The van der Waals surface area contributed by atoms with Gasteiger partial charge in [0.25, 0.3) is 5.91 Å². The Morgan fingerprint density at radius 1 is 1.56 bits per heavy atom. The van der Waals surface area contributed by atoms with Gasteiger partial charge in [-0.05, 0) is 26.0 Å². The van der Waals surface area contributed by atoms with Crippen molar-refractivity contribution in [3.05, 3.63) is 29.8 Å². The first kappa shape index (κ1) is 12.6. The van der Waals surface area contributed by atoms with Crippen LogP contribution in [0.25, 0.3) is 0 Å². The summed E-state index contributed by atoms with van der Waals surface area (Å²) in [6.45, 7) is 3.86. The Balaban J connectivity index is 2.86. The van der Waals surface area contributed by atoms with Crippen LogP contribution in [0.3, 0.4) is 0 Å². The van der Waals surface area contributed by atoms with E-state index in [-0.39, 0.29) is 25.1 Å². The maximum atomic E-state index is 12.6. The zero-order valence-electron chi connectivity index (χ0n) is 9.35. The van der Waals surface area contributed by atoms with Crippen LogP contribution in [0.15, 0.2) is 18.3 Å². The molecule has 0 aliphatic heterocycles. The highest BCUT2D eigenvalue weighted by atomic mass is 19.1. The van der Waals surface area contributed by atoms with Crippen LogP contribution in [-0.2, 0) is 0 Å². The van der Waals surface area contributed by atoms with E-state index in [2.05, 4.69) is 4.98 Å². The fourth-order valence-electron chi connectivity index (χ4n) is 1.37. The molecule has 1 aromatic rings. The molecule has 0 unspecified atom stereocenters. The normalized spacial score (nSPS) is 10.6. The molecule has 0 bridgehead atoms. The molecule has 0 saturated heterocycles. The van der Waals surface area contributed by atoms with Gasteiger partial charge in [-0.2, -0.15) is 4.39 Å². The van der Waals surface area contributed by atoms with Crippen LogP contribution in [0.5, 0.6) is 0 Å². The third kappa shape index (κ3) is 3.00. The van der Waals surface area contributed by atoms with Gasteiger partial charge < -0.3 is 10.0 Å². The predicted molar refractivity (Wildman–Crippen MR) is 57.5 cm³/mol. The monoisotopic (exact) mass is 226 g/mol. The summed E-state index contributed by atoms with van der Waals surface area (Å²) in [5.74, 6) is -0.869. The number of amides is 1. The van der Waals surface area contributed by atoms with Gasteiger partial charge in [0.05, 0.1) is 12.2 Å². The molecule has 0 atom stereocenters. The van der Waals surface area contributed by atoms with Crippen LogP contribution in [0.4, 0.5) is 4.39 Å². The first-order valence-electron chi connectivity index (χ1n) is 5.09. The van der Waals surface area contributed by atoms with Crippen LogP contribution >= 0.6 is 0 Å². The molecule has 4 nitrogen and oxygen atoms in total. The van der Waals surface area contributed by atoms with Crippen LogP contribution in [0.1, 0.15) is 24.2 Å². The Kier molecular flexibility index (Phi) is 4.37. The van der Waals surface area contributed by atoms with Crippen LogP contribution < -0.4 is 0 Å². The van der Waals surface area contributed by atoms with E-state index in [0.717, 1.165) is 6.07 Å². The number of aromatic nitrogens is 1. The zero-order chi connectivity index (χ0) is 12.1. The summed E-state index contributed by atoms with van der Waals surface area (Å²) in [7, 11) is 0. The van der Waals surface area contributed by atoms with Crippen molar-refractivity contribution >= 4 is 5.91 Å². The SMILES string of the molecule is CC(C)N(CCO)C(=O)c1ccc(F)nc1. The number of halogens is 1. The van der Waals surface area contributed by atoms with Crippen molar-refractivity contribution in [3.8, 4) is 0 Å². The summed E-state index contributed by atoms with van der Waals surface area (Å²) in [6, 6.07) is 2.51. The molecule has 0 radical (unpaired) electrons. The van der Waals surface area contributed by atoms with Gasteiger partial charge in [0.1, 0.15) is 0 Å². The van der Waals surface area contributed by atoms with Crippen molar-refractivity contribution < 1.29 is 14.3 Å². The number of carbonyl (C=O) groups is 1. The second-order valence-corrected chi connectivity index (χ2v) is 3.69. The minimum atomic E-state index is -0.616. The molecule has 1 aromatic heterocycles. The van der Waals surface area contributed by atoms with E-state index in [9.17, 15) is 9.18 Å². The highest BCUT2D eigenvalue weighted by Gasteiger charge is 2.18. The molecule has 0 aliphatic rings. The van der Waals surface area contributed by atoms with E-state index < -0.39 is 5.95 Å². The van der Waals surface area contributed by atoms with Gasteiger partial charge in [0.2, 0.25) is 5.95 Å². The van der Waals surface area contributed by atoms with E-state index in [1.807, 2.05) is 13.8 Å². The summed E-state index contributed by atoms with van der Waals surface area (Å²) >= 11 is 0. The maximum Gasteiger partial charge on any atom is 0.255 e. The van der Waals surface area contributed by atoms with Crippen LogP contribution in [0, 0.1) is 5.95 Å². The molecule has 1 rings (SSSR count). The molecule has 1 heterocycles. The minimum Gasteiger partial charge on any atom is -0.395 e. The number of aliphatic hydroxyl groups excluding tert-OH is 1. The fourth-order valence-corrected chi connectivity index (χ4v) is 1.37. The topological polar surface area (TPSA) is 53.4 Å². The molecule has 0 aliphatic carbocycles. The van der Waals surface area contributed by atoms with Crippen molar-refractivity contribution in [1.82, 2.24) is 9.88 Å². The van der Waals surface area contributed by atoms with Gasteiger partial charge in [0, 0.05) is 18.8 Å². The number of carbonyl (C=O) groups excluding carboxylic acids is 1. The highest BCUT2D eigenvalue weighted by molar-refractivity contribution is 5.94. The van der Waals surface area contributed by atoms with Gasteiger partial charge in [-0.1, -0.05) is 0 Å². The first-order valence-corrected chi connectivity index (χ1v) is 5.09. The standard InChI is InChI=1S/C11H15FN2O2/c1-8(2)14(5-6-15)11(16)9-3-4-10(12)13-7-9/h3-4,7-8,15H,5-6H2,1-2H3. The average Bonchev–Trinajstić information content (AvgIpc) is 2.25. The van der Waals surface area contributed by atoms with Crippen molar-refractivity contribution in [1.29, 1.82) is 0 Å². The Morgan fingerprint density at radius 3 is 2.69 bits per heavy atom. The minimum absolute atomic E-state index is 0.0234. The van der Waals surface area contributed by atoms with Gasteiger partial charge in [-0.3, -0.25) is 4.79 Å². The lowest BCUT2D eigenvalue weighted by Crippen LogP contribution is -2.39. The summed E-state index contributed by atoms with van der Waals surface area (Å²) < 4.78 is 12.6. The molecule has 0 spiro atoms. The van der Waals surface area contributed by atoms with Crippen molar-refractivity contribution in [3.63, 3.8) is 0 Å². The highest BCUT2D eigenvalue weighted by Crippen LogP contribution is 2.07. The Bertz CT molecular complexity index is 352. The number of hydrogen-bond donors (Lipinski definition) is 1. The molecular formula is C11H15FN2O2. The first-order chi connectivity index (χ1) is 7.56. The summed E-state index contributed by atoms with van der Waals surface area (Å²) in [4.78, 5) is 16.9. The Morgan fingerprint density at radius 2 is 2.25 bits per heavy atom.